The fourth-order valence-corrected chi connectivity index (χ4v) is 8.81. The molecular weight excluding hydrogens is 594 g/mol. The van der Waals surface area contributed by atoms with Crippen LogP contribution in [0.2, 0.25) is 0 Å². The molecule has 248 valence electrons. The molecule has 11 nitrogen and oxygen atoms in total. The molecule has 0 aliphatic heterocycles. The topological polar surface area (TPSA) is 177 Å². The van der Waals surface area contributed by atoms with Gasteiger partial charge in [-0.1, -0.05) is 37.6 Å². The molecule has 1 amide bonds. The predicted molar refractivity (Wildman–Crippen MR) is 164 cm³/mol. The van der Waals surface area contributed by atoms with E-state index in [1.54, 1.807) is 24.3 Å². The van der Waals surface area contributed by atoms with Crippen LogP contribution >= 0.6 is 0 Å². The maximum Gasteiger partial charge on any atom is 0.328 e. The molecule has 11 heteroatoms. The first-order valence-electron chi connectivity index (χ1n) is 15.9. The third-order valence-corrected chi connectivity index (χ3v) is 11.2. The number of nitrogens with one attached hydrogen (secondary N) is 1. The van der Waals surface area contributed by atoms with Crippen LogP contribution in [-0.2, 0) is 39.9 Å². The monoisotopic (exact) mass is 637 g/mol. The van der Waals surface area contributed by atoms with Crippen LogP contribution in [0.25, 0.3) is 0 Å². The average Bonchev–Trinajstić information content (AvgIpc) is 3.29. The van der Waals surface area contributed by atoms with Crippen molar-refractivity contribution in [3.8, 4) is 5.75 Å². The molecule has 0 unspecified atom stereocenters. The summed E-state index contributed by atoms with van der Waals surface area (Å²) in [6.07, 6.45) is 6.24. The highest BCUT2D eigenvalue weighted by Gasteiger charge is 2.68. The van der Waals surface area contributed by atoms with Crippen molar-refractivity contribution >= 4 is 29.4 Å². The highest BCUT2D eigenvalue weighted by molar-refractivity contribution is 6.01. The number of carbonyl (C=O) groups excluding carboxylic acids is 5. The fourth-order valence-electron chi connectivity index (χ4n) is 8.81. The largest absolute Gasteiger partial charge is 0.508 e. The van der Waals surface area contributed by atoms with E-state index in [-0.39, 0.29) is 61.4 Å². The maximum atomic E-state index is 13.5. The first-order valence-corrected chi connectivity index (χ1v) is 15.9. The summed E-state index contributed by atoms with van der Waals surface area (Å²) in [5.41, 5.74) is -1.49. The number of aliphatic hydroxyl groups is 2. The summed E-state index contributed by atoms with van der Waals surface area (Å²) < 4.78 is 10.00. The van der Waals surface area contributed by atoms with Gasteiger partial charge in [-0.2, -0.15) is 0 Å². The average molecular weight is 638 g/mol. The van der Waals surface area contributed by atoms with E-state index in [4.69, 9.17) is 9.47 Å². The van der Waals surface area contributed by atoms with Gasteiger partial charge in [-0.25, -0.2) is 4.79 Å². The van der Waals surface area contributed by atoms with Crippen LogP contribution in [0.15, 0.2) is 48.1 Å². The van der Waals surface area contributed by atoms with Gasteiger partial charge in [0.1, 0.15) is 17.4 Å². The maximum absolute atomic E-state index is 13.5. The highest BCUT2D eigenvalue weighted by atomic mass is 16.5. The summed E-state index contributed by atoms with van der Waals surface area (Å²) in [4.78, 5) is 62.9. The van der Waals surface area contributed by atoms with E-state index in [0.29, 0.717) is 18.4 Å². The van der Waals surface area contributed by atoms with Gasteiger partial charge in [-0.15, -0.1) is 0 Å². The number of esters is 2. The number of aliphatic hydroxyl groups excluding tert-OH is 1. The number of ketones is 2. The lowest BCUT2D eigenvalue weighted by Gasteiger charge is -2.59. The van der Waals surface area contributed by atoms with Crippen molar-refractivity contribution in [1.29, 1.82) is 0 Å². The highest BCUT2D eigenvalue weighted by Crippen LogP contribution is 2.67. The molecule has 4 aliphatic rings. The van der Waals surface area contributed by atoms with Gasteiger partial charge in [0, 0.05) is 29.6 Å². The Labute approximate surface area is 268 Å². The van der Waals surface area contributed by atoms with Gasteiger partial charge in [0.2, 0.25) is 11.7 Å². The molecule has 5 rings (SSSR count). The Balaban J connectivity index is 1.16. The van der Waals surface area contributed by atoms with E-state index in [2.05, 4.69) is 12.2 Å². The number of Topliss-reactive ketones (excluding diaryl/α,β-unsaturated/α-hetero) is 1. The smallest absolute Gasteiger partial charge is 0.328 e. The number of aromatic hydroxyl groups is 1. The van der Waals surface area contributed by atoms with Gasteiger partial charge in [0.15, 0.2) is 12.4 Å². The lowest BCUT2D eigenvalue weighted by Crippen LogP contribution is -2.61. The molecule has 0 bridgehead atoms. The molecule has 3 saturated carbocycles. The molecule has 46 heavy (non-hydrogen) atoms. The van der Waals surface area contributed by atoms with E-state index < -0.39 is 58.8 Å². The van der Waals surface area contributed by atoms with Crippen LogP contribution in [0.5, 0.6) is 5.75 Å². The fraction of sp³-hybridized carbons (Fsp3) is 0.571. The lowest BCUT2D eigenvalue weighted by molar-refractivity contribution is -0.181. The zero-order chi connectivity index (χ0) is 33.4. The molecule has 3 fully saturated rings. The Kier molecular flexibility index (Phi) is 9.30. The summed E-state index contributed by atoms with van der Waals surface area (Å²) in [5, 5.41) is 35.4. The van der Waals surface area contributed by atoms with Gasteiger partial charge in [-0.05, 0) is 73.8 Å². The van der Waals surface area contributed by atoms with Gasteiger partial charge in [-0.3, -0.25) is 19.2 Å². The minimum Gasteiger partial charge on any atom is -0.508 e. The Hall–Kier alpha value is -3.83. The molecule has 8 atom stereocenters. The number of hydrogen-bond acceptors (Lipinski definition) is 10. The van der Waals surface area contributed by atoms with Gasteiger partial charge >= 0.3 is 11.9 Å². The normalized spacial score (nSPS) is 33.5. The SMILES string of the molecule is COC(=O)[C@H](Cc1ccc(O)cc1)NC(=O)CCC(=O)OCC(=O)[C@]1(O)CC[C@@H]2[C@@H]3CCC4=CC(=O)C=C[C@]4(C)[C@H]3[C@H](O)C[C@@]21C. The van der Waals surface area contributed by atoms with Crippen LogP contribution in [0, 0.1) is 28.6 Å². The Morgan fingerprint density at radius 2 is 1.80 bits per heavy atom. The number of hydrogen-bond donors (Lipinski definition) is 4. The Morgan fingerprint density at radius 3 is 2.50 bits per heavy atom. The van der Waals surface area contributed by atoms with Crippen LogP contribution in [0.3, 0.4) is 0 Å². The number of ether oxygens (including phenoxy) is 2. The van der Waals surface area contributed by atoms with Crippen molar-refractivity contribution in [3.05, 3.63) is 53.6 Å². The van der Waals surface area contributed by atoms with E-state index in [0.717, 1.165) is 12.0 Å². The van der Waals surface area contributed by atoms with E-state index in [1.807, 2.05) is 13.0 Å². The number of benzene rings is 1. The number of phenolic OH excluding ortho intramolecular Hbond substituents is 1. The van der Waals surface area contributed by atoms with Crippen LogP contribution < -0.4 is 5.32 Å². The number of phenols is 1. The summed E-state index contributed by atoms with van der Waals surface area (Å²) in [6, 6.07) is 5.12. The van der Waals surface area contributed by atoms with Crippen molar-refractivity contribution in [2.24, 2.45) is 28.6 Å². The number of methoxy groups -OCH3 is 1. The third kappa shape index (κ3) is 6.02. The van der Waals surface area contributed by atoms with E-state index in [9.17, 15) is 39.3 Å². The molecule has 0 heterocycles. The number of allylic oxidation sites excluding steroid dienone is 4. The Bertz CT molecular complexity index is 1470. The lowest BCUT2D eigenvalue weighted by atomic mass is 9.46. The molecule has 0 aromatic heterocycles. The second kappa shape index (κ2) is 12.8. The molecular formula is C35H43NO10. The zero-order valence-corrected chi connectivity index (χ0v) is 26.5. The summed E-state index contributed by atoms with van der Waals surface area (Å²) >= 11 is 0. The first kappa shape index (κ1) is 33.5. The predicted octanol–water partition coefficient (Wildman–Crippen LogP) is 2.49. The number of carbonyl (C=O) groups is 5. The molecule has 1 aromatic rings. The second-order valence-electron chi connectivity index (χ2n) is 13.7. The number of amides is 1. The van der Waals surface area contributed by atoms with E-state index >= 15 is 0 Å². The molecule has 0 radical (unpaired) electrons. The number of fused-ring (bicyclic) bond motifs is 5. The van der Waals surface area contributed by atoms with Crippen LogP contribution in [0.4, 0.5) is 0 Å². The molecule has 4 N–H and O–H groups in total. The van der Waals surface area contributed by atoms with Crippen LogP contribution in [-0.4, -0.2) is 76.2 Å². The van der Waals surface area contributed by atoms with Crippen molar-refractivity contribution in [2.45, 2.75) is 83.0 Å². The third-order valence-electron chi connectivity index (χ3n) is 11.2. The number of rotatable bonds is 10. The van der Waals surface area contributed by atoms with Gasteiger partial charge < -0.3 is 30.1 Å². The van der Waals surface area contributed by atoms with Crippen molar-refractivity contribution in [1.82, 2.24) is 5.32 Å². The van der Waals surface area contributed by atoms with Gasteiger partial charge in [0.05, 0.1) is 19.6 Å². The van der Waals surface area contributed by atoms with Crippen molar-refractivity contribution in [3.63, 3.8) is 0 Å². The molecule has 1 aromatic carbocycles. The molecule has 0 spiro atoms. The standard InChI is InChI=1S/C35H43NO10/c1-33-14-12-23(38)17-21(33)6-9-24-25-13-15-35(44,34(25,2)18-27(39)31(24)33)28(40)19-46-30(42)11-10-29(41)36-26(32(43)45-3)16-20-4-7-22(37)8-5-20/h4-5,7-8,12,14,17,24-27,31,37,39,44H,6,9-11,13,15-16,18-19H2,1-3H3,(H,36,41)/t24-,25+,26-,27+,31+,33-,34-,35+/m0/s1. The second-order valence-corrected chi connectivity index (χ2v) is 13.7. The van der Waals surface area contributed by atoms with Crippen LogP contribution in [0.1, 0.15) is 64.4 Å². The summed E-state index contributed by atoms with van der Waals surface area (Å²) in [6.45, 7) is 3.24. The Morgan fingerprint density at radius 1 is 1.09 bits per heavy atom. The summed E-state index contributed by atoms with van der Waals surface area (Å²) in [5.74, 6) is -2.83. The minimum absolute atomic E-state index is 0.0389. The van der Waals surface area contributed by atoms with Crippen molar-refractivity contribution in [2.75, 3.05) is 13.7 Å². The molecule has 0 saturated heterocycles. The minimum atomic E-state index is -1.79. The molecule has 4 aliphatic carbocycles. The summed E-state index contributed by atoms with van der Waals surface area (Å²) in [7, 11) is 1.19. The quantitative estimate of drug-likeness (QED) is 0.279. The van der Waals surface area contributed by atoms with Crippen molar-refractivity contribution < 1.29 is 48.8 Å². The van der Waals surface area contributed by atoms with E-state index in [1.165, 1.54) is 19.2 Å². The zero-order valence-electron chi connectivity index (χ0n) is 26.5. The first-order chi connectivity index (χ1) is 21.7. The van der Waals surface area contributed by atoms with Gasteiger partial charge in [0.25, 0.3) is 0 Å².